The third-order valence-corrected chi connectivity index (χ3v) is 9.15. The first kappa shape index (κ1) is 44.7. The lowest BCUT2D eigenvalue weighted by molar-refractivity contribution is -0.131. The summed E-state index contributed by atoms with van der Waals surface area (Å²) in [5.41, 5.74) is 10.4. The van der Waals surface area contributed by atoms with Crippen molar-refractivity contribution in [3.05, 3.63) is 148 Å². The van der Waals surface area contributed by atoms with Gasteiger partial charge in [-0.25, -0.2) is 0 Å². The number of fused-ring (bicyclic) bond motifs is 16. The first-order valence-electron chi connectivity index (χ1n) is 18.3. The van der Waals surface area contributed by atoms with Gasteiger partial charge in [-0.1, -0.05) is 110 Å². The highest BCUT2D eigenvalue weighted by atomic mass is 32.1. The number of benzene rings is 4. The Labute approximate surface area is 338 Å². The molecule has 0 saturated heterocycles. The maximum atomic E-state index is 13.1. The number of thiophene rings is 1. The highest BCUT2D eigenvalue weighted by molar-refractivity contribution is 7.09. The predicted molar refractivity (Wildman–Crippen MR) is 225 cm³/mol. The lowest BCUT2D eigenvalue weighted by atomic mass is 10.00. The van der Waals surface area contributed by atoms with Crippen molar-refractivity contribution in [3.8, 4) is 29.7 Å². The van der Waals surface area contributed by atoms with Crippen molar-refractivity contribution in [3.63, 3.8) is 0 Å². The van der Waals surface area contributed by atoms with Gasteiger partial charge in [-0.15, -0.1) is 24.2 Å². The smallest absolute Gasteiger partial charge is 0.258 e. The average Bonchev–Trinajstić information content (AvgIpc) is 3.73. The molecule has 1 aromatic heterocycles. The van der Waals surface area contributed by atoms with Crippen LogP contribution in [0.3, 0.4) is 0 Å². The third-order valence-electron chi connectivity index (χ3n) is 8.35. The molecular formula is C45H49N5O6S. The summed E-state index contributed by atoms with van der Waals surface area (Å²) in [6, 6.07) is 36.4. The number of ether oxygens (including phenoxy) is 1. The van der Waals surface area contributed by atoms with Crippen LogP contribution in [0.5, 0.6) is 5.75 Å². The first-order chi connectivity index (χ1) is 27.6. The van der Waals surface area contributed by atoms with Gasteiger partial charge in [-0.3, -0.25) is 24.0 Å². The van der Waals surface area contributed by atoms with Gasteiger partial charge in [-0.2, -0.15) is 0 Å². The van der Waals surface area contributed by atoms with Crippen LogP contribution in [0.15, 0.2) is 127 Å². The van der Waals surface area contributed by atoms with E-state index in [1.807, 2.05) is 60.7 Å². The van der Waals surface area contributed by atoms with Crippen LogP contribution in [0, 0.1) is 19.8 Å². The van der Waals surface area contributed by atoms with E-state index >= 15 is 0 Å². The van der Waals surface area contributed by atoms with Gasteiger partial charge in [0.05, 0.1) is 13.1 Å². The van der Waals surface area contributed by atoms with Gasteiger partial charge in [0.2, 0.25) is 23.6 Å². The minimum absolute atomic E-state index is 0.118. The van der Waals surface area contributed by atoms with Gasteiger partial charge in [0.15, 0.2) is 6.61 Å². The lowest BCUT2D eigenvalue weighted by Gasteiger charge is -2.20. The Morgan fingerprint density at radius 1 is 0.719 bits per heavy atom. The third kappa shape index (κ3) is 16.7. The van der Waals surface area contributed by atoms with Crippen LogP contribution >= 0.6 is 11.3 Å². The van der Waals surface area contributed by atoms with Crippen molar-refractivity contribution in [1.82, 2.24) is 21.3 Å². The maximum absolute atomic E-state index is 13.1. The number of carbonyl (C=O) groups is 5. The van der Waals surface area contributed by atoms with Gasteiger partial charge < -0.3 is 31.7 Å². The Kier molecular flexibility index (Phi) is 19.3. The molecule has 0 aliphatic carbocycles. The van der Waals surface area contributed by atoms with E-state index in [0.717, 1.165) is 23.1 Å². The Morgan fingerprint density at radius 2 is 1.32 bits per heavy atom. The zero-order valence-electron chi connectivity index (χ0n) is 32.1. The number of hydrogen-bond donors (Lipinski definition) is 5. The van der Waals surface area contributed by atoms with Crippen molar-refractivity contribution in [2.75, 3.05) is 19.7 Å². The van der Waals surface area contributed by atoms with Crippen LogP contribution < -0.4 is 31.7 Å². The molecule has 3 heterocycles. The highest BCUT2D eigenvalue weighted by Gasteiger charge is 2.24. The zero-order valence-corrected chi connectivity index (χ0v) is 32.9. The molecule has 2 atom stereocenters. The molecule has 296 valence electrons. The van der Waals surface area contributed by atoms with Crippen LogP contribution in [0.4, 0.5) is 0 Å². The molecule has 57 heavy (non-hydrogen) atoms. The number of primary amides is 1. The van der Waals surface area contributed by atoms with E-state index in [0.29, 0.717) is 11.3 Å². The monoisotopic (exact) mass is 787 g/mol. The molecule has 0 spiro atoms. The second-order valence-corrected chi connectivity index (χ2v) is 13.8. The predicted octanol–water partition coefficient (Wildman–Crippen LogP) is 4.77. The minimum atomic E-state index is -1.05. The van der Waals surface area contributed by atoms with Gasteiger partial charge in [0.1, 0.15) is 17.8 Å². The standard InChI is InChI=1S/C30H31N5O6.C8H10.C5H6S.C2H2/c31-29(39)24-14-20-8-12-23(13-9-20)41-18-28(38)32-16-26(36)35-25(30(40)33-17-27(37)34-24)15-19-6-10-22(11-7-19)21-4-2-1-3-5-21;1-2-8-6-4-3-5-7-8;1-5-3-2-4-6-5;1-2/h1-13,24-25H,14-18H2,(H2,31,39)(H,32,38)(H,33,40)(H,34,37)(H,35,36);3-7H,2H2,1H3;2-4H,1H3;1-2H/t24-,25+;;;/m0.../s1. The molecular weight excluding hydrogens is 739 g/mol. The van der Waals surface area contributed by atoms with Crippen molar-refractivity contribution in [1.29, 1.82) is 0 Å². The number of aryl methyl sites for hydroxylation is 2. The Hall–Kier alpha value is -6.71. The SMILES string of the molecule is C#C.CCc1ccccc1.Cc1cccs1.NC(=O)[C@@H]1Cc2ccc(cc2)OCC(=O)NCC(=O)N[C@H](Cc2ccc(-c3ccccc3)cc2)C(=O)NCC(=O)N1. The second kappa shape index (κ2) is 24.6. The number of hydrogen-bond acceptors (Lipinski definition) is 7. The summed E-state index contributed by atoms with van der Waals surface area (Å²) in [7, 11) is 0. The number of terminal acetylenes is 1. The molecule has 2 aliphatic rings. The summed E-state index contributed by atoms with van der Waals surface area (Å²) in [4.78, 5) is 63.9. The molecule has 4 aromatic carbocycles. The molecule has 2 bridgehead atoms. The normalized spacial score (nSPS) is 15.8. The summed E-state index contributed by atoms with van der Waals surface area (Å²) < 4.78 is 5.45. The van der Waals surface area contributed by atoms with Crippen molar-refractivity contribution < 1.29 is 28.7 Å². The lowest BCUT2D eigenvalue weighted by Crippen LogP contribution is -2.53. The van der Waals surface area contributed by atoms with Crippen molar-refractivity contribution in [2.24, 2.45) is 5.73 Å². The zero-order chi connectivity index (χ0) is 41.4. The molecule has 0 radical (unpaired) electrons. The summed E-state index contributed by atoms with van der Waals surface area (Å²) in [6.07, 6.45) is 9.39. The number of carbonyl (C=O) groups excluding carboxylic acids is 5. The number of rotatable bonds is 5. The number of nitrogens with two attached hydrogens (primary N) is 1. The summed E-state index contributed by atoms with van der Waals surface area (Å²) in [5, 5.41) is 12.2. The highest BCUT2D eigenvalue weighted by Crippen LogP contribution is 2.20. The molecule has 5 amide bonds. The van der Waals surface area contributed by atoms with E-state index in [1.165, 1.54) is 10.4 Å². The van der Waals surface area contributed by atoms with E-state index in [-0.39, 0.29) is 26.0 Å². The van der Waals surface area contributed by atoms with Gasteiger partial charge in [0.25, 0.3) is 5.91 Å². The summed E-state index contributed by atoms with van der Waals surface area (Å²) >= 11 is 1.78. The van der Waals surface area contributed by atoms with Crippen LogP contribution in [-0.2, 0) is 43.2 Å². The number of amides is 5. The fourth-order valence-electron chi connectivity index (χ4n) is 5.32. The molecule has 0 saturated carbocycles. The van der Waals surface area contributed by atoms with Crippen LogP contribution in [0.25, 0.3) is 11.1 Å². The van der Waals surface area contributed by atoms with Gasteiger partial charge in [0, 0.05) is 17.7 Å². The second-order valence-electron chi connectivity index (χ2n) is 12.6. The topological polar surface area (TPSA) is 169 Å². The Balaban J connectivity index is 0.000000450. The fraction of sp³-hybridized carbons (Fsp3) is 0.222. The van der Waals surface area contributed by atoms with Crippen LogP contribution in [0.2, 0.25) is 0 Å². The first-order valence-corrected chi connectivity index (χ1v) is 19.1. The Bertz CT molecular complexity index is 2000. The molecule has 0 fully saturated rings. The van der Waals surface area contributed by atoms with Gasteiger partial charge in [-0.05, 0) is 64.7 Å². The van der Waals surface area contributed by atoms with Crippen LogP contribution in [-0.4, -0.2) is 61.3 Å². The molecule has 7 rings (SSSR count). The minimum Gasteiger partial charge on any atom is -0.484 e. The molecule has 12 heteroatoms. The summed E-state index contributed by atoms with van der Waals surface area (Å²) in [5.74, 6) is -2.69. The van der Waals surface area contributed by atoms with Crippen molar-refractivity contribution in [2.45, 2.75) is 45.2 Å². The van der Waals surface area contributed by atoms with E-state index in [9.17, 15) is 24.0 Å². The molecule has 5 aromatic rings. The molecule has 0 unspecified atom stereocenters. The van der Waals surface area contributed by atoms with Crippen LogP contribution in [0.1, 0.15) is 28.5 Å². The van der Waals surface area contributed by atoms with E-state index in [4.69, 9.17) is 10.5 Å². The maximum Gasteiger partial charge on any atom is 0.258 e. The van der Waals surface area contributed by atoms with E-state index in [2.05, 4.69) is 89.7 Å². The van der Waals surface area contributed by atoms with Gasteiger partial charge >= 0.3 is 0 Å². The largest absolute Gasteiger partial charge is 0.484 e. The molecule has 6 N–H and O–H groups in total. The molecule has 11 nitrogen and oxygen atoms in total. The quantitative estimate of drug-likeness (QED) is 0.127. The fourth-order valence-corrected chi connectivity index (χ4v) is 5.85. The summed E-state index contributed by atoms with van der Waals surface area (Å²) in [6.45, 7) is 3.12. The number of nitrogens with one attached hydrogen (secondary N) is 4. The Morgan fingerprint density at radius 3 is 1.86 bits per heavy atom. The van der Waals surface area contributed by atoms with E-state index < -0.39 is 48.2 Å². The average molecular weight is 788 g/mol. The van der Waals surface area contributed by atoms with E-state index in [1.54, 1.807) is 35.6 Å². The molecule has 2 aliphatic heterocycles. The van der Waals surface area contributed by atoms with Crippen molar-refractivity contribution >= 4 is 40.9 Å².